The van der Waals surface area contributed by atoms with Crippen molar-refractivity contribution in [2.45, 2.75) is 50.5 Å². The maximum absolute atomic E-state index is 12.9. The summed E-state index contributed by atoms with van der Waals surface area (Å²) in [7, 11) is 0. The Labute approximate surface area is 199 Å². The second kappa shape index (κ2) is 9.32. The lowest BCUT2D eigenvalue weighted by Gasteiger charge is -2.33. The van der Waals surface area contributed by atoms with E-state index in [-0.39, 0.29) is 31.1 Å². The third kappa shape index (κ3) is 4.42. The quantitative estimate of drug-likeness (QED) is 0.472. The van der Waals surface area contributed by atoms with Crippen LogP contribution in [0.15, 0.2) is 84.7 Å². The molecule has 0 aromatic heterocycles. The molecule has 1 saturated heterocycles. The Balaban J connectivity index is 1.34. The number of allylic oxidation sites excluding steroid dienone is 1. The van der Waals surface area contributed by atoms with Crippen LogP contribution in [0.25, 0.3) is 0 Å². The Morgan fingerprint density at radius 2 is 1.41 bits per heavy atom. The van der Waals surface area contributed by atoms with Gasteiger partial charge >= 0.3 is 0 Å². The molecule has 2 aromatic carbocycles. The summed E-state index contributed by atoms with van der Waals surface area (Å²) in [5.41, 5.74) is 5.18. The summed E-state index contributed by atoms with van der Waals surface area (Å²) >= 11 is 0. The van der Waals surface area contributed by atoms with E-state index in [9.17, 15) is 19.8 Å². The van der Waals surface area contributed by atoms with Gasteiger partial charge in [-0.15, -0.1) is 0 Å². The summed E-state index contributed by atoms with van der Waals surface area (Å²) in [4.78, 5) is 25.8. The number of carbonyl (C=O) groups is 2. The monoisotopic (exact) mass is 462 g/mol. The largest absolute Gasteiger partial charge is 0.365 e. The molecule has 0 radical (unpaired) electrons. The minimum atomic E-state index is -1.57. The van der Waals surface area contributed by atoms with Crippen molar-refractivity contribution in [3.63, 3.8) is 0 Å². The van der Waals surface area contributed by atoms with Crippen molar-refractivity contribution in [3.05, 3.63) is 95.8 Å². The number of unbranched alkanes of at least 4 members (excludes halogenated alkanes) is 1. The Kier molecular flexibility index (Phi) is 6.45. The minimum Gasteiger partial charge on any atom is -0.365 e. The maximum Gasteiger partial charge on any atom is 0.244 e. The molecule has 2 aliphatic rings. The van der Waals surface area contributed by atoms with Gasteiger partial charge in [-0.25, -0.2) is 10.0 Å². The molecule has 2 aliphatic heterocycles. The van der Waals surface area contributed by atoms with E-state index in [1.165, 1.54) is 10.0 Å². The number of hydrazine groups is 2. The summed E-state index contributed by atoms with van der Waals surface area (Å²) in [5, 5.41) is 24.9. The van der Waals surface area contributed by atoms with Crippen LogP contribution in [0.3, 0.4) is 0 Å². The summed E-state index contributed by atoms with van der Waals surface area (Å²) in [5.74, 6) is -0.560. The number of amides is 2. The predicted molar refractivity (Wildman–Crippen MR) is 127 cm³/mol. The molecule has 1 fully saturated rings. The molecular weight excluding hydrogens is 432 g/mol. The van der Waals surface area contributed by atoms with Gasteiger partial charge in [0.1, 0.15) is 0 Å². The number of nitrogens with zero attached hydrogens (tertiary/aromatic N) is 2. The van der Waals surface area contributed by atoms with Crippen LogP contribution in [0, 0.1) is 0 Å². The van der Waals surface area contributed by atoms with Crippen molar-refractivity contribution in [3.8, 4) is 0 Å². The number of rotatable bonds is 7. The highest BCUT2D eigenvalue weighted by atomic mass is 16.3. The zero-order valence-corrected chi connectivity index (χ0v) is 19.2. The molecule has 178 valence electrons. The van der Waals surface area contributed by atoms with Crippen LogP contribution in [0.4, 0.5) is 0 Å². The lowest BCUT2D eigenvalue weighted by atomic mass is 9.98. The zero-order valence-electron chi connectivity index (χ0n) is 19.2. The van der Waals surface area contributed by atoms with Crippen molar-refractivity contribution < 1.29 is 19.8 Å². The van der Waals surface area contributed by atoms with Crippen LogP contribution in [0.1, 0.15) is 50.2 Å². The first-order chi connectivity index (χ1) is 16.2. The minimum absolute atomic E-state index is 0.149. The van der Waals surface area contributed by atoms with E-state index in [4.69, 9.17) is 0 Å². The van der Waals surface area contributed by atoms with E-state index in [1.54, 1.807) is 49.4 Å². The smallest absolute Gasteiger partial charge is 0.244 e. The summed E-state index contributed by atoms with van der Waals surface area (Å²) in [6.07, 6.45) is 3.01. The first-order valence-electron chi connectivity index (χ1n) is 11.4. The highest BCUT2D eigenvalue weighted by molar-refractivity contribution is 5.79. The van der Waals surface area contributed by atoms with Gasteiger partial charge in [-0.1, -0.05) is 67.2 Å². The van der Waals surface area contributed by atoms with Crippen LogP contribution in [-0.2, 0) is 21.0 Å². The molecular formula is C26H30N4O4. The Morgan fingerprint density at radius 1 is 0.882 bits per heavy atom. The van der Waals surface area contributed by atoms with E-state index < -0.39 is 11.4 Å². The zero-order chi connectivity index (χ0) is 24.3. The van der Waals surface area contributed by atoms with Crippen LogP contribution in [0.5, 0.6) is 0 Å². The molecule has 2 heterocycles. The van der Waals surface area contributed by atoms with Crippen LogP contribution in [0.2, 0.25) is 0 Å². The molecule has 2 amide bonds. The van der Waals surface area contributed by atoms with Crippen molar-refractivity contribution >= 4 is 11.8 Å². The van der Waals surface area contributed by atoms with E-state index in [1.807, 2.05) is 24.3 Å². The third-order valence-electron chi connectivity index (χ3n) is 6.11. The average molecular weight is 463 g/mol. The van der Waals surface area contributed by atoms with Crippen LogP contribution >= 0.6 is 0 Å². The molecule has 2 atom stereocenters. The number of hydrogen-bond donors (Lipinski definition) is 4. The van der Waals surface area contributed by atoms with Gasteiger partial charge in [-0.2, -0.15) is 0 Å². The molecule has 8 nitrogen and oxygen atoms in total. The lowest BCUT2D eigenvalue weighted by Crippen LogP contribution is -2.50. The number of carbonyl (C=O) groups excluding carboxylic acids is 2. The van der Waals surface area contributed by atoms with Gasteiger partial charge in [0, 0.05) is 41.8 Å². The molecule has 8 heteroatoms. The van der Waals surface area contributed by atoms with Gasteiger partial charge in [0.05, 0.1) is 0 Å². The molecule has 0 spiro atoms. The molecule has 0 unspecified atom stereocenters. The SMILES string of the molecule is C=C1C[C@](O)(c2ccccc2)N(C(=O)CCCCC(=O)N2NC(C)=C[C@]2(O)c2ccccc2)N1. The Morgan fingerprint density at radius 3 is 2.00 bits per heavy atom. The highest BCUT2D eigenvalue weighted by Gasteiger charge is 2.45. The normalized spacial score (nSPS) is 24.0. The fourth-order valence-corrected chi connectivity index (χ4v) is 4.46. The fraction of sp³-hybridized carbons (Fsp3) is 0.308. The lowest BCUT2D eigenvalue weighted by molar-refractivity contribution is -0.162. The second-order valence-electron chi connectivity index (χ2n) is 8.77. The molecule has 4 N–H and O–H groups in total. The highest BCUT2D eigenvalue weighted by Crippen LogP contribution is 2.36. The number of benzene rings is 2. The van der Waals surface area contributed by atoms with Crippen molar-refractivity contribution in [2.75, 3.05) is 0 Å². The number of aliphatic hydroxyl groups is 2. The molecule has 4 rings (SSSR count). The maximum atomic E-state index is 12.9. The van der Waals surface area contributed by atoms with Gasteiger partial charge in [-0.3, -0.25) is 20.4 Å². The Hall–Kier alpha value is -3.62. The summed E-state index contributed by atoms with van der Waals surface area (Å²) < 4.78 is 0. The average Bonchev–Trinajstić information content (AvgIpc) is 3.33. The van der Waals surface area contributed by atoms with Crippen LogP contribution < -0.4 is 10.9 Å². The number of hydrogen-bond acceptors (Lipinski definition) is 6. The Bertz CT molecular complexity index is 1100. The van der Waals surface area contributed by atoms with Gasteiger partial charge in [0.2, 0.25) is 17.5 Å². The van der Waals surface area contributed by atoms with Gasteiger partial charge in [-0.05, 0) is 25.8 Å². The van der Waals surface area contributed by atoms with Crippen molar-refractivity contribution in [1.29, 1.82) is 0 Å². The summed E-state index contributed by atoms with van der Waals surface area (Å²) in [6, 6.07) is 18.0. The topological polar surface area (TPSA) is 105 Å². The van der Waals surface area contributed by atoms with Gasteiger partial charge < -0.3 is 10.2 Å². The first kappa shape index (κ1) is 23.5. The van der Waals surface area contributed by atoms with E-state index in [2.05, 4.69) is 17.4 Å². The van der Waals surface area contributed by atoms with E-state index in [0.717, 1.165) is 0 Å². The van der Waals surface area contributed by atoms with E-state index >= 15 is 0 Å². The van der Waals surface area contributed by atoms with Crippen molar-refractivity contribution in [2.24, 2.45) is 0 Å². The fourth-order valence-electron chi connectivity index (χ4n) is 4.46. The molecule has 0 saturated carbocycles. The predicted octanol–water partition coefficient (Wildman–Crippen LogP) is 2.74. The number of nitrogens with one attached hydrogen (secondary N) is 2. The molecule has 0 bridgehead atoms. The molecule has 2 aromatic rings. The molecule has 34 heavy (non-hydrogen) atoms. The first-order valence-corrected chi connectivity index (χ1v) is 11.4. The van der Waals surface area contributed by atoms with E-state index in [0.29, 0.717) is 35.4 Å². The van der Waals surface area contributed by atoms with Gasteiger partial charge in [0.15, 0.2) is 5.72 Å². The van der Waals surface area contributed by atoms with Crippen molar-refractivity contribution in [1.82, 2.24) is 20.9 Å². The third-order valence-corrected chi connectivity index (χ3v) is 6.11. The molecule has 0 aliphatic carbocycles. The van der Waals surface area contributed by atoms with Crippen LogP contribution in [-0.4, -0.2) is 32.0 Å². The second-order valence-corrected chi connectivity index (χ2v) is 8.77. The van der Waals surface area contributed by atoms with Gasteiger partial charge in [0.25, 0.3) is 0 Å². The standard InChI is InChI=1S/C26H30N4O4/c1-19-17-25(33,21-11-5-3-6-12-21)29(27-19)23(31)15-9-10-16-24(32)30-26(34,18-20(2)28-30)22-13-7-4-8-14-22/h3-8,11-14,18,27-28,33-34H,1,9-10,15-17H2,2H3/t25-,26-/m0/s1. The summed E-state index contributed by atoms with van der Waals surface area (Å²) in [6.45, 7) is 5.65.